The number of hydrogen-bond acceptors (Lipinski definition) is 0. The van der Waals surface area contributed by atoms with E-state index in [1.165, 1.54) is 0 Å². The summed E-state index contributed by atoms with van der Waals surface area (Å²) < 4.78 is 0. The average molecular weight is 329 g/mol. The first-order chi connectivity index (χ1) is 6.86. The van der Waals surface area contributed by atoms with E-state index in [0.717, 1.165) is 22.6 Å². The van der Waals surface area contributed by atoms with E-state index < -0.39 is 0 Å². The summed E-state index contributed by atoms with van der Waals surface area (Å²) in [6.07, 6.45) is 12.4. The first-order valence-corrected chi connectivity index (χ1v) is 4.94. The van der Waals surface area contributed by atoms with Gasteiger partial charge in [-0.25, -0.2) is 0 Å². The topological polar surface area (TPSA) is 0 Å². The van der Waals surface area contributed by atoms with Crippen molar-refractivity contribution in [2.24, 2.45) is 0 Å². The first-order valence-electron chi connectivity index (χ1n) is 4.56. The van der Waals surface area contributed by atoms with Gasteiger partial charge in [0, 0.05) is 23.2 Å². The van der Waals surface area contributed by atoms with Gasteiger partial charge in [0.25, 0.3) is 0 Å². The molecule has 0 N–H and O–H groups in total. The van der Waals surface area contributed by atoms with E-state index in [1.807, 2.05) is 36.4 Å². The lowest BCUT2D eigenvalue weighted by atomic mass is 10.1. The third-order valence-corrected chi connectivity index (χ3v) is 2.33. The van der Waals surface area contributed by atoms with Crippen molar-refractivity contribution in [3.05, 3.63) is 65.2 Å². The monoisotopic (exact) mass is 328 g/mol. The third kappa shape index (κ3) is 3.45. The summed E-state index contributed by atoms with van der Waals surface area (Å²) in [7, 11) is 0. The van der Waals surface area contributed by atoms with Gasteiger partial charge < -0.3 is 24.0 Å². The van der Waals surface area contributed by atoms with E-state index >= 15 is 0 Å². The summed E-state index contributed by atoms with van der Waals surface area (Å²) in [6, 6.07) is 7.83. The fraction of sp³-hybridized carbons (Fsp3) is 0.0769. The van der Waals surface area contributed by atoms with Crippen LogP contribution < -0.4 is 24.0 Å². The summed E-state index contributed by atoms with van der Waals surface area (Å²) in [6.45, 7) is 0. The van der Waals surface area contributed by atoms with Crippen molar-refractivity contribution >= 4 is 17.2 Å². The summed E-state index contributed by atoms with van der Waals surface area (Å²) >= 11 is 5.82. The molecule has 1 aromatic rings. The van der Waals surface area contributed by atoms with E-state index in [4.69, 9.17) is 11.6 Å². The molecule has 0 radical (unpaired) electrons. The van der Waals surface area contributed by atoms with Crippen LogP contribution in [0.2, 0.25) is 5.02 Å². The maximum atomic E-state index is 5.82. The van der Waals surface area contributed by atoms with Crippen LogP contribution in [0.5, 0.6) is 0 Å². The summed E-state index contributed by atoms with van der Waals surface area (Å²) in [5.41, 5.74) is 2.29. The molecule has 1 aliphatic carbocycles. The Balaban J connectivity index is 0.00000112. The van der Waals surface area contributed by atoms with Crippen molar-refractivity contribution < 1.29 is 24.0 Å². The molecule has 0 aliphatic heterocycles. The molecule has 76 valence electrons. The highest BCUT2D eigenvalue weighted by Gasteiger charge is 2.08. The fourth-order valence-corrected chi connectivity index (χ4v) is 1.48. The molecule has 2 rings (SSSR count). The van der Waals surface area contributed by atoms with Gasteiger partial charge in [-0.2, -0.15) is 0 Å². The second-order valence-corrected chi connectivity index (χ2v) is 3.53. The molecule has 0 atom stereocenters. The van der Waals surface area contributed by atoms with Crippen LogP contribution in [0.25, 0.3) is 5.57 Å². The number of rotatable bonds is 1. The van der Waals surface area contributed by atoms with Crippen molar-refractivity contribution in [1.29, 1.82) is 0 Å². The minimum atomic E-state index is 0. The van der Waals surface area contributed by atoms with Crippen LogP contribution in [0.3, 0.4) is 0 Å². The lowest BCUT2D eigenvalue weighted by Gasteiger charge is -1.91. The molecule has 0 heterocycles. The summed E-state index contributed by atoms with van der Waals surface area (Å²) in [5.74, 6) is 0. The van der Waals surface area contributed by atoms with E-state index in [1.54, 1.807) is 0 Å². The Kier molecular flexibility index (Phi) is 5.03. The Labute approximate surface area is 112 Å². The number of halogens is 2. The standard InChI is InChI=1S/C13H10Cl.HI/c14-13-9-7-12(8-10-13)11-5-3-1-2-4-6-11;/h1-3,5,7-10H,4H2;1H/q+1;/p-1. The molecule has 0 amide bonds. The first kappa shape index (κ1) is 12.4. The maximum Gasteiger partial charge on any atom is 0.191 e. The molecule has 0 spiro atoms. The van der Waals surface area contributed by atoms with Crippen molar-refractivity contribution in [1.82, 2.24) is 0 Å². The van der Waals surface area contributed by atoms with Gasteiger partial charge in [-0.1, -0.05) is 23.8 Å². The highest BCUT2D eigenvalue weighted by atomic mass is 127. The van der Waals surface area contributed by atoms with Crippen LogP contribution in [-0.2, 0) is 0 Å². The minimum absolute atomic E-state index is 0. The molecule has 0 fully saturated rings. The average Bonchev–Trinajstić information content (AvgIpc) is 2.47. The molecule has 1 aromatic carbocycles. The minimum Gasteiger partial charge on any atom is -1.00 e. The number of benzene rings is 1. The molecule has 0 unspecified atom stereocenters. The van der Waals surface area contributed by atoms with E-state index in [2.05, 4.69) is 18.2 Å². The molecule has 0 saturated carbocycles. The second kappa shape index (κ2) is 6.06. The van der Waals surface area contributed by atoms with Crippen molar-refractivity contribution in [3.63, 3.8) is 0 Å². The lowest BCUT2D eigenvalue weighted by molar-refractivity contribution is -0.00000262. The zero-order chi connectivity index (χ0) is 9.80. The van der Waals surface area contributed by atoms with E-state index in [-0.39, 0.29) is 24.0 Å². The van der Waals surface area contributed by atoms with Gasteiger partial charge in [-0.15, -0.1) is 0 Å². The smallest absolute Gasteiger partial charge is 0.191 e. The summed E-state index contributed by atoms with van der Waals surface area (Å²) in [4.78, 5) is 0. The molecule has 0 saturated heterocycles. The van der Waals surface area contributed by atoms with Gasteiger partial charge in [0.1, 0.15) is 0 Å². The highest BCUT2D eigenvalue weighted by molar-refractivity contribution is 6.30. The highest BCUT2D eigenvalue weighted by Crippen LogP contribution is 2.20. The predicted molar refractivity (Wildman–Crippen MR) is 61.0 cm³/mol. The fourth-order valence-electron chi connectivity index (χ4n) is 1.35. The molecule has 0 aromatic heterocycles. The quantitative estimate of drug-likeness (QED) is 0.534. The largest absolute Gasteiger partial charge is 1.00 e. The van der Waals surface area contributed by atoms with Gasteiger partial charge in [0.05, 0.1) is 18.1 Å². The van der Waals surface area contributed by atoms with E-state index in [0.29, 0.717) is 0 Å². The zero-order valence-corrected chi connectivity index (χ0v) is 11.0. The van der Waals surface area contributed by atoms with Gasteiger partial charge >= 0.3 is 0 Å². The molecular weight excluding hydrogens is 318 g/mol. The predicted octanol–water partition coefficient (Wildman–Crippen LogP) is 1.05. The van der Waals surface area contributed by atoms with Crippen LogP contribution in [0.4, 0.5) is 0 Å². The SMILES string of the molecule is Clc1ccc(C2=[C+]CC=CC=C2)cc1.[I-]. The zero-order valence-electron chi connectivity index (χ0n) is 8.08. The van der Waals surface area contributed by atoms with Gasteiger partial charge in [-0.05, 0) is 18.2 Å². The van der Waals surface area contributed by atoms with Crippen LogP contribution >= 0.6 is 11.6 Å². The van der Waals surface area contributed by atoms with Crippen molar-refractivity contribution in [2.45, 2.75) is 6.42 Å². The molecular formula is C13H10ClI. The van der Waals surface area contributed by atoms with Gasteiger partial charge in [0.15, 0.2) is 5.57 Å². The Morgan fingerprint density at radius 3 is 2.53 bits per heavy atom. The maximum absolute atomic E-state index is 5.82. The molecule has 15 heavy (non-hydrogen) atoms. The van der Waals surface area contributed by atoms with Crippen LogP contribution in [0.1, 0.15) is 12.0 Å². The van der Waals surface area contributed by atoms with E-state index in [9.17, 15) is 0 Å². The Morgan fingerprint density at radius 2 is 1.80 bits per heavy atom. The third-order valence-electron chi connectivity index (χ3n) is 2.08. The lowest BCUT2D eigenvalue weighted by Crippen LogP contribution is -3.00. The number of hydrogen-bond donors (Lipinski definition) is 0. The van der Waals surface area contributed by atoms with Crippen LogP contribution in [0.15, 0.2) is 48.6 Å². The summed E-state index contributed by atoms with van der Waals surface area (Å²) in [5, 5.41) is 0.769. The normalized spacial score (nSPS) is 13.5. The Bertz CT molecular complexity index is 399. The Hall–Kier alpha value is -0.630. The number of allylic oxidation sites excluding steroid dienone is 6. The molecule has 0 bridgehead atoms. The van der Waals surface area contributed by atoms with Crippen LogP contribution in [0, 0.1) is 6.08 Å². The van der Waals surface area contributed by atoms with Gasteiger partial charge in [0.2, 0.25) is 0 Å². The second-order valence-electron chi connectivity index (χ2n) is 3.09. The van der Waals surface area contributed by atoms with Crippen LogP contribution in [-0.4, -0.2) is 0 Å². The Morgan fingerprint density at radius 1 is 1.07 bits per heavy atom. The van der Waals surface area contributed by atoms with Gasteiger partial charge in [-0.3, -0.25) is 0 Å². The van der Waals surface area contributed by atoms with Crippen molar-refractivity contribution in [2.75, 3.05) is 0 Å². The van der Waals surface area contributed by atoms with Crippen molar-refractivity contribution in [3.8, 4) is 0 Å². The molecule has 0 nitrogen and oxygen atoms in total. The molecule has 1 aliphatic rings. The molecule has 2 heteroatoms.